The molecule has 26 heavy (non-hydrogen) atoms. The first kappa shape index (κ1) is 18.9. The zero-order valence-electron chi connectivity index (χ0n) is 15.3. The lowest BCUT2D eigenvalue weighted by Crippen LogP contribution is -2.48. The van der Waals surface area contributed by atoms with E-state index in [1.54, 1.807) is 24.1 Å². The quantitative estimate of drug-likeness (QED) is 0.839. The average molecular weight is 368 g/mol. The van der Waals surface area contributed by atoms with Gasteiger partial charge >= 0.3 is 6.61 Å². The van der Waals surface area contributed by atoms with Crippen molar-refractivity contribution in [3.05, 3.63) is 23.8 Å². The van der Waals surface area contributed by atoms with Gasteiger partial charge in [-0.05, 0) is 43.0 Å². The fourth-order valence-electron chi connectivity index (χ4n) is 4.40. The molecule has 0 radical (unpaired) electrons. The Hall–Kier alpha value is -1.89. The molecule has 3 rings (SSSR count). The minimum Gasteiger partial charge on any atom is -0.493 e. The second-order valence-electron chi connectivity index (χ2n) is 7.25. The van der Waals surface area contributed by atoms with Crippen LogP contribution in [-0.4, -0.2) is 44.7 Å². The maximum Gasteiger partial charge on any atom is 0.387 e. The highest BCUT2D eigenvalue weighted by atomic mass is 19.3. The Morgan fingerprint density at radius 3 is 2.92 bits per heavy atom. The van der Waals surface area contributed by atoms with E-state index in [4.69, 9.17) is 4.74 Å². The van der Waals surface area contributed by atoms with E-state index in [-0.39, 0.29) is 22.8 Å². The molecule has 2 atom stereocenters. The lowest BCUT2D eigenvalue weighted by atomic mass is 9.67. The van der Waals surface area contributed by atoms with Crippen LogP contribution in [0.4, 0.5) is 8.78 Å². The molecule has 7 heteroatoms. The molecule has 1 aliphatic heterocycles. The molecule has 1 saturated heterocycles. The van der Waals surface area contributed by atoms with Crippen molar-refractivity contribution >= 4 is 5.91 Å². The maximum absolute atomic E-state index is 13.2. The van der Waals surface area contributed by atoms with E-state index in [1.807, 2.05) is 0 Å². The van der Waals surface area contributed by atoms with Crippen LogP contribution in [0.5, 0.6) is 11.5 Å². The first-order valence-corrected chi connectivity index (χ1v) is 9.04. The van der Waals surface area contributed by atoms with Crippen molar-refractivity contribution in [1.29, 1.82) is 0 Å². The minimum atomic E-state index is -2.93. The van der Waals surface area contributed by atoms with Crippen molar-refractivity contribution in [2.45, 2.75) is 38.8 Å². The van der Waals surface area contributed by atoms with Gasteiger partial charge in [0.1, 0.15) is 0 Å². The number of nitrogens with zero attached hydrogens (tertiary/aromatic N) is 1. The number of carbonyl (C=O) groups excluding carboxylic acids is 1. The largest absolute Gasteiger partial charge is 0.493 e. The summed E-state index contributed by atoms with van der Waals surface area (Å²) in [5.74, 6) is 0.755. The smallest absolute Gasteiger partial charge is 0.387 e. The second-order valence-corrected chi connectivity index (χ2v) is 7.25. The number of hydrogen-bond acceptors (Lipinski definition) is 4. The van der Waals surface area contributed by atoms with E-state index in [2.05, 4.69) is 10.1 Å². The molecule has 1 N–H and O–H groups in total. The van der Waals surface area contributed by atoms with Crippen molar-refractivity contribution in [3.8, 4) is 11.5 Å². The second kappa shape index (κ2) is 7.78. The van der Waals surface area contributed by atoms with E-state index in [1.165, 1.54) is 19.6 Å². The highest BCUT2D eigenvalue weighted by molar-refractivity contribution is 5.83. The molecule has 0 spiro atoms. The molecule has 1 aromatic carbocycles. The average Bonchev–Trinajstić information content (AvgIpc) is 3.06. The van der Waals surface area contributed by atoms with E-state index in [0.29, 0.717) is 12.5 Å². The molecule has 1 heterocycles. The molecule has 2 fully saturated rings. The molecule has 0 aromatic heterocycles. The number of benzene rings is 1. The van der Waals surface area contributed by atoms with Crippen molar-refractivity contribution in [2.75, 3.05) is 27.2 Å². The molecule has 5 nitrogen and oxygen atoms in total. The van der Waals surface area contributed by atoms with E-state index < -0.39 is 6.61 Å². The topological polar surface area (TPSA) is 50.8 Å². The first-order valence-electron chi connectivity index (χ1n) is 9.04. The van der Waals surface area contributed by atoms with E-state index in [9.17, 15) is 13.6 Å². The summed E-state index contributed by atoms with van der Waals surface area (Å²) in [4.78, 5) is 14.9. The molecule has 1 aliphatic carbocycles. The van der Waals surface area contributed by atoms with Crippen LogP contribution in [-0.2, 0) is 11.3 Å². The summed E-state index contributed by atoms with van der Waals surface area (Å²) in [6.07, 6.45) is 4.25. The summed E-state index contributed by atoms with van der Waals surface area (Å²) in [6.45, 7) is -0.959. The van der Waals surface area contributed by atoms with Gasteiger partial charge in [0.25, 0.3) is 0 Å². The van der Waals surface area contributed by atoms with Crippen LogP contribution >= 0.6 is 0 Å². The summed E-state index contributed by atoms with van der Waals surface area (Å²) >= 11 is 0. The van der Waals surface area contributed by atoms with Crippen LogP contribution in [0.1, 0.15) is 31.2 Å². The molecule has 1 saturated carbocycles. The number of amides is 1. The SMILES string of the molecule is COc1ccc(CN(C)C(=O)[C@@]23CCCC[C@H]2CNC3)cc1OC(F)F. The Balaban J connectivity index is 1.75. The summed E-state index contributed by atoms with van der Waals surface area (Å²) in [5, 5.41) is 3.38. The van der Waals surface area contributed by atoms with Crippen LogP contribution in [0.15, 0.2) is 18.2 Å². The standard InChI is InChI=1S/C19H26F2N2O3/c1-23(17(24)19-8-4-3-5-14(19)10-22-12-19)11-13-6-7-15(25-2)16(9-13)26-18(20)21/h6-7,9,14,18,22H,3-5,8,10-12H2,1-2H3/t14-,19+/m0/s1. The molecule has 0 unspecified atom stereocenters. The molecule has 1 aromatic rings. The van der Waals surface area contributed by atoms with Crippen LogP contribution in [0.2, 0.25) is 0 Å². The fraction of sp³-hybridized carbons (Fsp3) is 0.632. The van der Waals surface area contributed by atoms with Crippen molar-refractivity contribution in [1.82, 2.24) is 10.2 Å². The van der Waals surface area contributed by atoms with Crippen molar-refractivity contribution in [2.24, 2.45) is 11.3 Å². The Labute approximate surface area is 152 Å². The lowest BCUT2D eigenvalue weighted by molar-refractivity contribution is -0.144. The minimum absolute atomic E-state index is 0.0166. The maximum atomic E-state index is 13.2. The van der Waals surface area contributed by atoms with Crippen LogP contribution in [0.3, 0.4) is 0 Å². The van der Waals surface area contributed by atoms with Gasteiger partial charge in [0.05, 0.1) is 12.5 Å². The monoisotopic (exact) mass is 368 g/mol. The third kappa shape index (κ3) is 3.63. The lowest BCUT2D eigenvalue weighted by Gasteiger charge is -2.39. The number of rotatable bonds is 6. The third-order valence-electron chi connectivity index (χ3n) is 5.67. The van der Waals surface area contributed by atoms with Gasteiger partial charge < -0.3 is 19.7 Å². The van der Waals surface area contributed by atoms with E-state index in [0.717, 1.165) is 37.9 Å². The Bertz CT molecular complexity index is 656. The van der Waals surface area contributed by atoms with Gasteiger partial charge in [-0.1, -0.05) is 18.9 Å². The van der Waals surface area contributed by atoms with Gasteiger partial charge in [0.2, 0.25) is 5.91 Å². The Morgan fingerprint density at radius 1 is 1.38 bits per heavy atom. The predicted molar refractivity (Wildman–Crippen MR) is 93.4 cm³/mol. The zero-order chi connectivity index (χ0) is 18.7. The summed E-state index contributed by atoms with van der Waals surface area (Å²) in [6, 6.07) is 4.87. The van der Waals surface area contributed by atoms with Gasteiger partial charge in [0, 0.05) is 20.1 Å². The number of nitrogens with one attached hydrogen (secondary N) is 1. The van der Waals surface area contributed by atoms with Crippen LogP contribution < -0.4 is 14.8 Å². The first-order chi connectivity index (χ1) is 12.5. The summed E-state index contributed by atoms with van der Waals surface area (Å²) in [5.41, 5.74) is 0.411. The summed E-state index contributed by atoms with van der Waals surface area (Å²) < 4.78 is 34.8. The highest BCUT2D eigenvalue weighted by Crippen LogP contribution is 2.45. The highest BCUT2D eigenvalue weighted by Gasteiger charge is 2.50. The Kier molecular flexibility index (Phi) is 5.65. The van der Waals surface area contributed by atoms with Crippen molar-refractivity contribution in [3.63, 3.8) is 0 Å². The van der Waals surface area contributed by atoms with Gasteiger partial charge in [-0.3, -0.25) is 4.79 Å². The number of carbonyl (C=O) groups is 1. The number of fused-ring (bicyclic) bond motifs is 1. The fourth-order valence-corrected chi connectivity index (χ4v) is 4.40. The predicted octanol–water partition coefficient (Wildman–Crippen LogP) is 3.03. The van der Waals surface area contributed by atoms with Gasteiger partial charge in [-0.2, -0.15) is 8.78 Å². The zero-order valence-corrected chi connectivity index (χ0v) is 15.3. The van der Waals surface area contributed by atoms with E-state index >= 15 is 0 Å². The van der Waals surface area contributed by atoms with Gasteiger partial charge in [-0.15, -0.1) is 0 Å². The normalized spacial score (nSPS) is 25.0. The molecule has 2 aliphatic rings. The van der Waals surface area contributed by atoms with Gasteiger partial charge in [-0.25, -0.2) is 0 Å². The number of alkyl halides is 2. The third-order valence-corrected chi connectivity index (χ3v) is 5.67. The van der Waals surface area contributed by atoms with Crippen molar-refractivity contribution < 1.29 is 23.0 Å². The molecule has 0 bridgehead atoms. The number of hydrogen-bond donors (Lipinski definition) is 1. The van der Waals surface area contributed by atoms with Gasteiger partial charge in [0.15, 0.2) is 11.5 Å². The number of halogens is 2. The molecule has 144 valence electrons. The molecular formula is C19H26F2N2O3. The molecule has 1 amide bonds. The summed E-state index contributed by atoms with van der Waals surface area (Å²) in [7, 11) is 3.18. The Morgan fingerprint density at radius 2 is 2.19 bits per heavy atom. The van der Waals surface area contributed by atoms with Crippen LogP contribution in [0.25, 0.3) is 0 Å². The molecular weight excluding hydrogens is 342 g/mol. The number of methoxy groups -OCH3 is 1. The number of ether oxygens (including phenoxy) is 2. The van der Waals surface area contributed by atoms with Crippen LogP contribution in [0, 0.1) is 11.3 Å².